The van der Waals surface area contributed by atoms with Crippen LogP contribution in [0.25, 0.3) is 11.0 Å². The maximum atomic E-state index is 14.1. The summed E-state index contributed by atoms with van der Waals surface area (Å²) < 4.78 is 29.1. The molecular weight excluding hydrogens is 304 g/mol. The van der Waals surface area contributed by atoms with Gasteiger partial charge in [0, 0.05) is 11.6 Å². The number of thiazole rings is 1. The van der Waals surface area contributed by atoms with Crippen LogP contribution in [-0.4, -0.2) is 14.5 Å². The van der Waals surface area contributed by atoms with E-state index < -0.39 is 17.0 Å². The maximum Gasteiger partial charge on any atom is 0.184 e. The summed E-state index contributed by atoms with van der Waals surface area (Å²) in [6.07, 6.45) is 1.67. The summed E-state index contributed by atoms with van der Waals surface area (Å²) in [5.74, 6) is -1.30. The molecule has 1 unspecified atom stereocenters. The van der Waals surface area contributed by atoms with Crippen LogP contribution < -0.4 is 0 Å². The third-order valence-corrected chi connectivity index (χ3v) is 3.92. The van der Waals surface area contributed by atoms with Gasteiger partial charge in [0.2, 0.25) is 0 Å². The van der Waals surface area contributed by atoms with Crippen molar-refractivity contribution in [2.75, 3.05) is 0 Å². The molecule has 0 saturated carbocycles. The topological polar surface area (TPSA) is 30.7 Å². The van der Waals surface area contributed by atoms with E-state index in [0.717, 1.165) is 11.1 Å². The molecule has 0 fully saturated rings. The largest absolute Gasteiger partial charge is 0.317 e. The van der Waals surface area contributed by atoms with E-state index in [0.29, 0.717) is 17.9 Å². The second-order valence-corrected chi connectivity index (χ2v) is 5.96. The van der Waals surface area contributed by atoms with Crippen LogP contribution in [0.5, 0.6) is 0 Å². The zero-order valence-electron chi connectivity index (χ0n) is 10.5. The van der Waals surface area contributed by atoms with Gasteiger partial charge < -0.3 is 4.57 Å². The number of rotatable bonds is 3. The molecule has 0 spiro atoms. The maximum absolute atomic E-state index is 14.1. The fourth-order valence-corrected chi connectivity index (χ4v) is 2.88. The quantitative estimate of drug-likeness (QED) is 0.681. The number of benzene rings is 1. The first-order valence-corrected chi connectivity index (χ1v) is 7.26. The molecule has 0 saturated heterocycles. The van der Waals surface area contributed by atoms with E-state index in [2.05, 4.69) is 9.97 Å². The van der Waals surface area contributed by atoms with E-state index in [1.807, 2.05) is 5.38 Å². The number of alkyl halides is 1. The smallest absolute Gasteiger partial charge is 0.184 e. The van der Waals surface area contributed by atoms with Crippen molar-refractivity contribution in [3.8, 4) is 0 Å². The lowest BCUT2D eigenvalue weighted by molar-refractivity contribution is 0.511. The molecule has 0 amide bonds. The van der Waals surface area contributed by atoms with Gasteiger partial charge in [-0.2, -0.15) is 0 Å². The minimum atomic E-state index is -0.907. The van der Waals surface area contributed by atoms with Gasteiger partial charge >= 0.3 is 0 Å². The average molecular weight is 314 g/mol. The van der Waals surface area contributed by atoms with Crippen molar-refractivity contribution < 1.29 is 8.78 Å². The molecule has 7 heteroatoms. The molecule has 2 aromatic heterocycles. The zero-order chi connectivity index (χ0) is 14.3. The number of nitrogens with zero attached hydrogens (tertiary/aromatic N) is 3. The lowest BCUT2D eigenvalue weighted by Gasteiger charge is -2.09. The molecule has 3 rings (SSSR count). The highest BCUT2D eigenvalue weighted by atomic mass is 35.5. The number of hydrogen-bond acceptors (Lipinski definition) is 3. The summed E-state index contributed by atoms with van der Waals surface area (Å²) >= 11 is 7.54. The third kappa shape index (κ3) is 2.19. The monoisotopic (exact) mass is 313 g/mol. The fraction of sp³-hybridized carbons (Fsp3) is 0.231. The molecular formula is C13H10ClF2N3S. The van der Waals surface area contributed by atoms with E-state index in [1.54, 1.807) is 17.7 Å². The molecule has 0 aliphatic rings. The van der Waals surface area contributed by atoms with E-state index in [1.165, 1.54) is 17.4 Å². The molecule has 0 aliphatic carbocycles. The van der Waals surface area contributed by atoms with Crippen LogP contribution >= 0.6 is 22.9 Å². The molecule has 0 radical (unpaired) electrons. The normalized spacial score (nSPS) is 13.0. The van der Waals surface area contributed by atoms with Crippen LogP contribution in [-0.2, 0) is 6.54 Å². The Morgan fingerprint density at radius 1 is 1.40 bits per heavy atom. The van der Waals surface area contributed by atoms with Crippen molar-refractivity contribution in [3.63, 3.8) is 0 Å². The third-order valence-electron chi connectivity index (χ3n) is 2.96. The molecule has 0 aliphatic heterocycles. The van der Waals surface area contributed by atoms with Crippen molar-refractivity contribution in [3.05, 3.63) is 46.2 Å². The Bertz CT molecular complexity index is 753. The van der Waals surface area contributed by atoms with E-state index >= 15 is 0 Å². The highest BCUT2D eigenvalue weighted by molar-refractivity contribution is 7.09. The number of hydrogen-bond donors (Lipinski definition) is 0. The summed E-state index contributed by atoms with van der Waals surface area (Å²) in [5.41, 5.74) is 0.519. The average Bonchev–Trinajstić information content (AvgIpc) is 3.02. The highest BCUT2D eigenvalue weighted by Crippen LogP contribution is 2.28. The molecule has 2 heterocycles. The van der Waals surface area contributed by atoms with Gasteiger partial charge in [0.05, 0.1) is 17.4 Å². The molecule has 3 aromatic rings. The Balaban J connectivity index is 2.25. The molecule has 0 N–H and O–H groups in total. The molecule has 20 heavy (non-hydrogen) atoms. The van der Waals surface area contributed by atoms with Crippen LogP contribution in [0.15, 0.2) is 23.7 Å². The van der Waals surface area contributed by atoms with Gasteiger partial charge in [-0.05, 0) is 19.1 Å². The zero-order valence-corrected chi connectivity index (χ0v) is 12.1. The summed E-state index contributed by atoms with van der Waals surface area (Å²) in [4.78, 5) is 8.46. The molecule has 104 valence electrons. The van der Waals surface area contributed by atoms with E-state index in [9.17, 15) is 8.78 Å². The molecule has 1 atom stereocenters. The van der Waals surface area contributed by atoms with Gasteiger partial charge in [0.15, 0.2) is 11.6 Å². The SMILES string of the molecule is CC(Cl)c1nc2ccc(F)c(F)c2n1Cc1nccs1. The van der Waals surface area contributed by atoms with Crippen LogP contribution in [0.3, 0.4) is 0 Å². The Kier molecular flexibility index (Phi) is 3.43. The summed E-state index contributed by atoms with van der Waals surface area (Å²) in [6.45, 7) is 2.07. The standard InChI is InChI=1S/C13H10ClF2N3S/c1-7(14)13-18-9-3-2-8(15)11(16)12(9)19(13)6-10-17-4-5-20-10/h2-5,7H,6H2,1H3. The van der Waals surface area contributed by atoms with Crippen molar-refractivity contribution >= 4 is 34.0 Å². The van der Waals surface area contributed by atoms with Crippen molar-refractivity contribution in [1.29, 1.82) is 0 Å². The van der Waals surface area contributed by atoms with Gasteiger partial charge in [-0.25, -0.2) is 18.7 Å². The number of halogens is 3. The second kappa shape index (κ2) is 5.10. The number of fused-ring (bicyclic) bond motifs is 1. The van der Waals surface area contributed by atoms with Gasteiger partial charge in [0.1, 0.15) is 16.3 Å². The Morgan fingerprint density at radius 2 is 2.20 bits per heavy atom. The van der Waals surface area contributed by atoms with E-state index in [4.69, 9.17) is 11.6 Å². The summed E-state index contributed by atoms with van der Waals surface area (Å²) in [5, 5.41) is 2.20. The van der Waals surface area contributed by atoms with Crippen LogP contribution in [0, 0.1) is 11.6 Å². The molecule has 0 bridgehead atoms. The number of imidazole rings is 1. The minimum Gasteiger partial charge on any atom is -0.317 e. The predicted molar refractivity (Wildman–Crippen MR) is 75.1 cm³/mol. The van der Waals surface area contributed by atoms with Crippen LogP contribution in [0.4, 0.5) is 8.78 Å². The Hall–Kier alpha value is -1.53. The lowest BCUT2D eigenvalue weighted by atomic mass is 10.3. The first-order chi connectivity index (χ1) is 9.58. The second-order valence-electron chi connectivity index (χ2n) is 4.33. The summed E-state index contributed by atoms with van der Waals surface area (Å²) in [7, 11) is 0. The highest BCUT2D eigenvalue weighted by Gasteiger charge is 2.20. The van der Waals surface area contributed by atoms with Gasteiger partial charge in [-0.15, -0.1) is 22.9 Å². The summed E-state index contributed by atoms with van der Waals surface area (Å²) in [6, 6.07) is 2.52. The Labute approximate surface area is 122 Å². The minimum absolute atomic E-state index is 0.128. The first kappa shape index (κ1) is 13.5. The van der Waals surface area contributed by atoms with Crippen molar-refractivity contribution in [2.45, 2.75) is 18.8 Å². The van der Waals surface area contributed by atoms with E-state index in [-0.39, 0.29) is 5.52 Å². The lowest BCUT2D eigenvalue weighted by Crippen LogP contribution is -2.06. The fourth-order valence-electron chi connectivity index (χ4n) is 2.11. The van der Waals surface area contributed by atoms with Gasteiger partial charge in [-0.3, -0.25) is 0 Å². The van der Waals surface area contributed by atoms with Crippen LogP contribution in [0.1, 0.15) is 23.1 Å². The molecule has 1 aromatic carbocycles. The van der Waals surface area contributed by atoms with Gasteiger partial charge in [0.25, 0.3) is 0 Å². The predicted octanol–water partition coefficient (Wildman–Crippen LogP) is 4.12. The molecule has 3 nitrogen and oxygen atoms in total. The Morgan fingerprint density at radius 3 is 2.85 bits per heavy atom. The van der Waals surface area contributed by atoms with Crippen LogP contribution in [0.2, 0.25) is 0 Å². The van der Waals surface area contributed by atoms with Crippen molar-refractivity contribution in [2.24, 2.45) is 0 Å². The van der Waals surface area contributed by atoms with Gasteiger partial charge in [-0.1, -0.05) is 0 Å². The number of aromatic nitrogens is 3. The van der Waals surface area contributed by atoms with Crippen molar-refractivity contribution in [1.82, 2.24) is 14.5 Å². The first-order valence-electron chi connectivity index (χ1n) is 5.94.